The van der Waals surface area contributed by atoms with Crippen LogP contribution >= 0.6 is 0 Å². The van der Waals surface area contributed by atoms with Crippen molar-refractivity contribution in [1.29, 1.82) is 0 Å². The maximum atomic E-state index is 12.7. The molecule has 0 N–H and O–H groups in total. The zero-order valence-corrected chi connectivity index (χ0v) is 15.1. The average molecular weight is 468 g/mol. The number of halogens is 13. The van der Waals surface area contributed by atoms with Gasteiger partial charge in [-0.05, 0) is 0 Å². The molecule has 0 aromatic rings. The van der Waals surface area contributed by atoms with Crippen LogP contribution < -0.4 is 0 Å². The first-order valence-corrected chi connectivity index (χ1v) is 8.13. The van der Waals surface area contributed by atoms with E-state index in [0.717, 1.165) is 0 Å². The van der Waals surface area contributed by atoms with Gasteiger partial charge < -0.3 is 13.3 Å². The molecule has 1 rings (SSSR count). The van der Waals surface area contributed by atoms with Crippen LogP contribution in [0.4, 0.5) is 57.1 Å². The molecule has 3 atom stereocenters. The van der Waals surface area contributed by atoms with E-state index in [2.05, 4.69) is 0 Å². The van der Waals surface area contributed by atoms with Crippen LogP contribution in [-0.2, 0) is 13.3 Å². The van der Waals surface area contributed by atoms with Gasteiger partial charge in [0.1, 0.15) is 0 Å². The first kappa shape index (κ1) is 27.2. The molecule has 0 saturated heterocycles. The number of alkyl halides is 13. The summed E-state index contributed by atoms with van der Waals surface area (Å²) in [6, 6.07) is 0. The minimum absolute atomic E-state index is 1.57. The Kier molecular flexibility index (Phi) is 8.26. The molecule has 3 unspecified atom stereocenters. The van der Waals surface area contributed by atoms with Crippen molar-refractivity contribution in [3.8, 4) is 0 Å². The predicted octanol–water partition coefficient (Wildman–Crippen LogP) is 3.83. The van der Waals surface area contributed by atoms with Crippen molar-refractivity contribution in [3.63, 3.8) is 0 Å². The molecule has 3 nitrogen and oxygen atoms in total. The van der Waals surface area contributed by atoms with Gasteiger partial charge in [0.15, 0.2) is 0 Å². The standard InChI is InChI=1S/C8H3F13.C3H10O3Si/c9-1-2(10)5(14,15)7(18,19)8(20,21)6(16,17)3(11)4(1,12)13;1-4-7(5-2)6-3/h1-3H;7H,1-3H3. The Morgan fingerprint density at radius 1 is 0.571 bits per heavy atom. The first-order chi connectivity index (χ1) is 12.3. The Balaban J connectivity index is 0.000000887. The van der Waals surface area contributed by atoms with Gasteiger partial charge in [-0.1, -0.05) is 0 Å². The van der Waals surface area contributed by atoms with E-state index in [1.165, 1.54) is 0 Å². The molecule has 28 heavy (non-hydrogen) atoms. The van der Waals surface area contributed by atoms with Crippen molar-refractivity contribution in [3.05, 3.63) is 0 Å². The van der Waals surface area contributed by atoms with Gasteiger partial charge in [-0.2, -0.15) is 43.9 Å². The minimum atomic E-state index is -7.41. The molecule has 0 aromatic carbocycles. The summed E-state index contributed by atoms with van der Waals surface area (Å²) in [4.78, 5) is 0. The van der Waals surface area contributed by atoms with E-state index >= 15 is 0 Å². The summed E-state index contributed by atoms with van der Waals surface area (Å²) in [5, 5.41) is 0. The third-order valence-electron chi connectivity index (χ3n) is 3.44. The van der Waals surface area contributed by atoms with Crippen molar-refractivity contribution < 1.29 is 70.4 Å². The van der Waals surface area contributed by atoms with Crippen LogP contribution in [0.3, 0.4) is 0 Å². The smallest absolute Gasteiger partial charge is 0.379 e. The molecular formula is C11H13F13O3Si. The van der Waals surface area contributed by atoms with Crippen molar-refractivity contribution in [2.75, 3.05) is 21.3 Å². The van der Waals surface area contributed by atoms with Gasteiger partial charge in [0.05, 0.1) is 0 Å². The molecule has 1 aliphatic rings. The van der Waals surface area contributed by atoms with Gasteiger partial charge in [-0.15, -0.1) is 0 Å². The summed E-state index contributed by atoms with van der Waals surface area (Å²) in [5.41, 5.74) is 0. The fourth-order valence-electron chi connectivity index (χ4n) is 1.80. The quantitative estimate of drug-likeness (QED) is 0.466. The van der Waals surface area contributed by atoms with E-state index in [1.807, 2.05) is 0 Å². The largest absolute Gasteiger partial charge is 0.483 e. The molecule has 0 spiro atoms. The Bertz CT molecular complexity index is 508. The van der Waals surface area contributed by atoms with Gasteiger partial charge in [0.2, 0.25) is 18.5 Å². The minimum Gasteiger partial charge on any atom is -0.379 e. The van der Waals surface area contributed by atoms with Crippen LogP contribution in [0, 0.1) is 0 Å². The zero-order valence-electron chi connectivity index (χ0n) is 13.9. The van der Waals surface area contributed by atoms with Crippen molar-refractivity contribution in [2.24, 2.45) is 0 Å². The highest BCUT2D eigenvalue weighted by Gasteiger charge is 2.89. The maximum Gasteiger partial charge on any atom is 0.483 e. The molecule has 0 aromatic heterocycles. The molecule has 0 radical (unpaired) electrons. The lowest BCUT2D eigenvalue weighted by Gasteiger charge is -2.44. The van der Waals surface area contributed by atoms with Gasteiger partial charge in [0.25, 0.3) is 0 Å². The predicted molar refractivity (Wildman–Crippen MR) is 67.6 cm³/mol. The molecule has 1 aliphatic carbocycles. The van der Waals surface area contributed by atoms with Crippen LogP contribution in [-0.4, -0.2) is 79.0 Å². The lowest BCUT2D eigenvalue weighted by Crippen LogP contribution is -2.74. The van der Waals surface area contributed by atoms with Crippen LogP contribution in [0.15, 0.2) is 0 Å². The second-order valence-electron chi connectivity index (χ2n) is 5.23. The number of rotatable bonds is 3. The van der Waals surface area contributed by atoms with E-state index < -0.39 is 57.7 Å². The Morgan fingerprint density at radius 3 is 1.18 bits per heavy atom. The van der Waals surface area contributed by atoms with E-state index in [1.54, 1.807) is 21.3 Å². The summed E-state index contributed by atoms with van der Waals surface area (Å²) in [7, 11) is 3.05. The monoisotopic (exact) mass is 468 g/mol. The van der Waals surface area contributed by atoms with Crippen LogP contribution in [0.2, 0.25) is 0 Å². The lowest BCUT2D eigenvalue weighted by atomic mass is 9.83. The summed E-state index contributed by atoms with van der Waals surface area (Å²) in [6.07, 6.45) is -16.2. The molecule has 0 amide bonds. The molecule has 0 heterocycles. The molecule has 1 fully saturated rings. The Hall–Kier alpha value is -0.813. The highest BCUT2D eigenvalue weighted by Crippen LogP contribution is 2.60. The SMILES string of the molecule is CO[SiH](OC)OC.FC1C(F)C(F)(F)C(F)(F)C(F)(F)C(F)(F)C(F)C1(F)F. The third-order valence-corrected chi connectivity index (χ3v) is 4.59. The molecular weight excluding hydrogens is 455 g/mol. The lowest BCUT2D eigenvalue weighted by molar-refractivity contribution is -0.413. The average Bonchev–Trinajstić information content (AvgIpc) is 2.60. The van der Waals surface area contributed by atoms with E-state index in [9.17, 15) is 57.1 Å². The molecule has 170 valence electrons. The number of hydrogen-bond acceptors (Lipinski definition) is 3. The van der Waals surface area contributed by atoms with Gasteiger partial charge >= 0.3 is 39.1 Å². The first-order valence-electron chi connectivity index (χ1n) is 6.71. The number of hydrogen-bond donors (Lipinski definition) is 0. The topological polar surface area (TPSA) is 27.7 Å². The summed E-state index contributed by atoms with van der Waals surface area (Å²) >= 11 is 0. The Labute approximate surface area is 150 Å². The third kappa shape index (κ3) is 4.07. The van der Waals surface area contributed by atoms with Crippen molar-refractivity contribution in [1.82, 2.24) is 0 Å². The Morgan fingerprint density at radius 2 is 0.893 bits per heavy atom. The molecule has 0 bridgehead atoms. The van der Waals surface area contributed by atoms with Crippen LogP contribution in [0.1, 0.15) is 0 Å². The maximum absolute atomic E-state index is 12.7. The van der Waals surface area contributed by atoms with E-state index in [4.69, 9.17) is 13.3 Å². The second-order valence-corrected chi connectivity index (χ2v) is 7.22. The van der Waals surface area contributed by atoms with Gasteiger partial charge in [-0.25, -0.2) is 13.2 Å². The van der Waals surface area contributed by atoms with E-state index in [-0.39, 0.29) is 0 Å². The normalized spacial score (nSPS) is 32.7. The van der Waals surface area contributed by atoms with Gasteiger partial charge in [-0.3, -0.25) is 0 Å². The highest BCUT2D eigenvalue weighted by molar-refractivity contribution is 6.36. The zero-order chi connectivity index (χ0) is 22.9. The van der Waals surface area contributed by atoms with E-state index in [0.29, 0.717) is 0 Å². The summed E-state index contributed by atoms with van der Waals surface area (Å²) < 4.78 is 180. The second kappa shape index (κ2) is 8.51. The van der Waals surface area contributed by atoms with Gasteiger partial charge in [0, 0.05) is 21.3 Å². The molecule has 0 aliphatic heterocycles. The molecule has 17 heteroatoms. The fraction of sp³-hybridized carbons (Fsp3) is 1.00. The van der Waals surface area contributed by atoms with Crippen LogP contribution in [0.5, 0.6) is 0 Å². The van der Waals surface area contributed by atoms with Crippen molar-refractivity contribution in [2.45, 2.75) is 48.1 Å². The molecule has 1 saturated carbocycles. The fourth-order valence-corrected chi connectivity index (χ4v) is 2.38. The summed E-state index contributed by atoms with van der Waals surface area (Å²) in [6.45, 7) is 0. The highest BCUT2D eigenvalue weighted by atomic mass is 28.3. The summed E-state index contributed by atoms with van der Waals surface area (Å²) in [5.74, 6) is -35.2. The van der Waals surface area contributed by atoms with Crippen molar-refractivity contribution >= 4 is 9.53 Å². The van der Waals surface area contributed by atoms with Crippen LogP contribution in [0.25, 0.3) is 0 Å².